The van der Waals surface area contributed by atoms with E-state index in [-0.39, 0.29) is 12.1 Å². The number of morpholine rings is 2. The van der Waals surface area contributed by atoms with Gasteiger partial charge in [-0.2, -0.15) is 0 Å². The van der Waals surface area contributed by atoms with Gasteiger partial charge in [0.25, 0.3) is 0 Å². The number of guanidine groups is 2. The van der Waals surface area contributed by atoms with Crippen LogP contribution in [0.1, 0.15) is 44.2 Å². The Balaban J connectivity index is 0. The van der Waals surface area contributed by atoms with Crippen molar-refractivity contribution in [1.82, 2.24) is 40.5 Å². The van der Waals surface area contributed by atoms with Gasteiger partial charge in [0.2, 0.25) is 0 Å². The number of methoxy groups -OCH3 is 3. The largest absolute Gasteiger partial charge is 0.500 e. The van der Waals surface area contributed by atoms with Gasteiger partial charge in [-0.25, -0.2) is 4.99 Å². The van der Waals surface area contributed by atoms with Crippen LogP contribution in [-0.4, -0.2) is 302 Å². The Bertz CT molecular complexity index is 2410. The quantitative estimate of drug-likeness (QED) is 0.00765. The number of epoxide rings is 3. The van der Waals surface area contributed by atoms with Crippen molar-refractivity contribution in [2.45, 2.75) is 65.3 Å². The number of rotatable bonds is 29. The summed E-state index contributed by atoms with van der Waals surface area (Å²) >= 11 is 0. The van der Waals surface area contributed by atoms with Crippen LogP contribution < -0.4 is 59.6 Å². The minimum absolute atomic E-state index is 0.273. The van der Waals surface area contributed by atoms with E-state index >= 15 is 0 Å². The minimum Gasteiger partial charge on any atom is -0.500 e. The zero-order chi connectivity index (χ0) is 75.9. The van der Waals surface area contributed by atoms with E-state index in [0.717, 1.165) is 205 Å². The monoisotopic (exact) mass is 1440 g/mol. The number of aromatic nitrogens is 1. The van der Waals surface area contributed by atoms with Crippen LogP contribution in [0, 0.1) is 19.3 Å². The molecule has 27 nitrogen and oxygen atoms in total. The number of para-hydroxylation sites is 4. The van der Waals surface area contributed by atoms with Crippen LogP contribution >= 0.6 is 0 Å². The fourth-order valence-corrected chi connectivity index (χ4v) is 7.97. The highest BCUT2D eigenvalue weighted by atomic mass is 16.6. The number of likely N-dealkylation sites (N-methyl/N-ethyl adjacent to an activating group) is 4. The average Bonchev–Trinajstić information content (AvgIpc) is 1.62. The Hall–Kier alpha value is -6.32. The van der Waals surface area contributed by atoms with E-state index in [9.17, 15) is 0 Å². The summed E-state index contributed by atoms with van der Waals surface area (Å²) in [4.78, 5) is 18.5. The van der Waals surface area contributed by atoms with E-state index in [2.05, 4.69) is 136 Å². The van der Waals surface area contributed by atoms with Crippen molar-refractivity contribution in [3.8, 4) is 5.75 Å². The highest BCUT2D eigenvalue weighted by Gasteiger charge is 2.32. The van der Waals surface area contributed by atoms with Gasteiger partial charge in [-0.3, -0.25) is 5.41 Å². The van der Waals surface area contributed by atoms with Gasteiger partial charge in [-0.1, -0.05) is 75.0 Å². The van der Waals surface area contributed by atoms with Crippen LogP contribution in [0.3, 0.4) is 0 Å². The molecule has 6 fully saturated rings. The topological polar surface area (TPSA) is 349 Å². The molecule has 3 atom stereocenters. The third kappa shape index (κ3) is 68.1. The van der Waals surface area contributed by atoms with Gasteiger partial charge in [-0.15, -0.1) is 6.58 Å². The molecule has 0 aliphatic carbocycles. The number of aromatic amines is 1. The molecular weight excluding hydrogens is 1300 g/mol. The zero-order valence-electron chi connectivity index (χ0n) is 64.8. The second-order valence-electron chi connectivity index (χ2n) is 23.9. The molecule has 586 valence electrons. The molecule has 0 spiro atoms. The Labute approximate surface area is 615 Å². The van der Waals surface area contributed by atoms with E-state index in [4.69, 9.17) is 70.0 Å². The molecule has 0 amide bonds. The van der Waals surface area contributed by atoms with Crippen LogP contribution in [0.2, 0.25) is 0 Å². The molecule has 3 aromatic carbocycles. The van der Waals surface area contributed by atoms with Crippen molar-refractivity contribution in [3.63, 3.8) is 0 Å². The molecule has 102 heavy (non-hydrogen) atoms. The predicted molar refractivity (Wildman–Crippen MR) is 424 cm³/mol. The third-order valence-electron chi connectivity index (χ3n) is 14.2. The summed E-state index contributed by atoms with van der Waals surface area (Å²) in [6.45, 7) is 42.2. The normalized spacial score (nSPS) is 16.3. The van der Waals surface area contributed by atoms with Crippen molar-refractivity contribution in [2.24, 2.45) is 33.7 Å². The highest BCUT2D eigenvalue weighted by molar-refractivity contribution is 5.94. The van der Waals surface area contributed by atoms with Crippen LogP contribution in [0.25, 0.3) is 0 Å². The first-order chi connectivity index (χ1) is 49.4. The number of aliphatic imine (C=N–C) groups is 1. The van der Waals surface area contributed by atoms with Crippen molar-refractivity contribution >= 4 is 29.0 Å². The fraction of sp³-hybridized carbons (Fsp3) is 0.627. The number of aryl methyl sites for hydroxylation is 2. The SMILES string of the molecule is C1CCNC1.C1COCCN1.C=CCN.C=COCCN(CC)CC.CN(C)CCN(C)C.CN1CCOCC1.COCCCN.COCCNCCOC.Cc1ccccc1N=C(N)Nc1ccccc1C.N=C(N)N.c1cc[nH]c1.c1ccc(N(CC2CO2)CC2CO2)c(OCC2CO2)c1. The summed E-state index contributed by atoms with van der Waals surface area (Å²) in [7, 11) is 15.5. The Kier molecular flexibility index (Phi) is 68.7. The number of hydrogen-bond donors (Lipinski definition) is 11. The van der Waals surface area contributed by atoms with Crippen molar-refractivity contribution in [3.05, 3.63) is 134 Å². The summed E-state index contributed by atoms with van der Waals surface area (Å²) < 4.78 is 51.3. The maximum atomic E-state index is 6.06. The molecule has 1 aromatic heterocycles. The smallest absolute Gasteiger partial charge is 0.198 e. The summed E-state index contributed by atoms with van der Waals surface area (Å²) in [5.41, 5.74) is 30.1. The number of ether oxygens (including phenoxy) is 10. The number of nitrogens with two attached hydrogens (primary N) is 5. The first-order valence-corrected chi connectivity index (χ1v) is 35.8. The van der Waals surface area contributed by atoms with E-state index in [1.807, 2.05) is 105 Å². The number of nitrogens with zero attached hydrogens (tertiary/aromatic N) is 6. The summed E-state index contributed by atoms with van der Waals surface area (Å²) in [6.07, 6.45) is 11.6. The standard InChI is InChI=1S/C15H17N3.C15H19NO4.C8H17NO.C6H16N2.C6H15NO2.C5H11NO.C4H9NO.C4H11NO.C4H9N.C4H5N.C3H7N.CH5N3/c1-11-7-3-5-9-13(11)17-15(16)18-14-10-6-4-8-12(14)2;1-2-4-15(20-10-13-9-19-13)14(3-1)16(5-11-7-17-11)6-12-8-18-12;1-4-9(5-2)7-8-10-6-3;1-7(2)5-6-8(3)4;1-8-5-3-7-4-6-9-2;1-6-2-4-7-5-3-6;1-3-6-4-2-5-1;1-6-4-2-3-5;2*1-2-4-5-3-1;1-2-3-4;2-1(3)4/h3-10H,1-2H3,(H3,16,17,18);1-4,11-13H,5-10H2;6H,3-5,7-8H2,1-2H3;5-6H2,1-4H3;7H,3-6H2,1-2H3;2-5H2,1H3;5H,1-4H2;2-5H2,1H3;5H,1-4H2;1-5H;2H,1,3-4H2;(H5,2,3,4). The van der Waals surface area contributed by atoms with Gasteiger partial charge in [-0.05, 0) is 149 Å². The Morgan fingerprint density at radius 2 is 1.16 bits per heavy atom. The van der Waals surface area contributed by atoms with Gasteiger partial charge in [0.1, 0.15) is 18.5 Å². The van der Waals surface area contributed by atoms with Crippen LogP contribution in [0.15, 0.2) is 128 Å². The Morgan fingerprint density at radius 3 is 1.53 bits per heavy atom. The maximum absolute atomic E-state index is 6.06. The average molecular weight is 1440 g/mol. The molecule has 3 unspecified atom stereocenters. The van der Waals surface area contributed by atoms with Gasteiger partial charge in [0.15, 0.2) is 11.9 Å². The summed E-state index contributed by atoms with van der Waals surface area (Å²) in [5.74, 6) is 0.989. The number of nitrogens with one attached hydrogen (secondary N) is 6. The van der Waals surface area contributed by atoms with Gasteiger partial charge < -0.3 is 127 Å². The van der Waals surface area contributed by atoms with Crippen molar-refractivity contribution in [2.75, 3.05) is 257 Å². The van der Waals surface area contributed by atoms with Gasteiger partial charge in [0.05, 0.1) is 95.9 Å². The molecule has 6 aliphatic rings. The van der Waals surface area contributed by atoms with E-state index in [0.29, 0.717) is 31.3 Å². The molecule has 6 aliphatic heterocycles. The van der Waals surface area contributed by atoms with Gasteiger partial charge >= 0.3 is 0 Å². The van der Waals surface area contributed by atoms with Crippen LogP contribution in [0.4, 0.5) is 17.1 Å². The fourth-order valence-electron chi connectivity index (χ4n) is 7.97. The number of H-pyrrole nitrogens is 1. The molecule has 0 radical (unpaired) electrons. The summed E-state index contributed by atoms with van der Waals surface area (Å²) in [5, 5.41) is 18.7. The van der Waals surface area contributed by atoms with Crippen molar-refractivity contribution in [1.29, 1.82) is 5.41 Å². The number of hydrogen-bond acceptors (Lipinski definition) is 22. The van der Waals surface area contributed by atoms with Crippen LogP contribution in [-0.2, 0) is 42.6 Å². The predicted octanol–water partition coefficient (Wildman–Crippen LogP) is 5.79. The zero-order valence-corrected chi connectivity index (χ0v) is 64.8. The second kappa shape index (κ2) is 71.7. The summed E-state index contributed by atoms with van der Waals surface area (Å²) in [6, 6.07) is 27.9. The molecule has 16 N–H and O–H groups in total. The lowest BCUT2D eigenvalue weighted by molar-refractivity contribution is 0.0503. The molecule has 0 bridgehead atoms. The Morgan fingerprint density at radius 1 is 0.667 bits per heavy atom. The number of anilines is 2. The first-order valence-electron chi connectivity index (χ1n) is 35.8. The lowest BCUT2D eigenvalue weighted by atomic mass is 10.2. The highest BCUT2D eigenvalue weighted by Crippen LogP contribution is 2.32. The molecule has 6 saturated heterocycles. The molecule has 10 rings (SSSR count). The van der Waals surface area contributed by atoms with Crippen molar-refractivity contribution < 1.29 is 47.4 Å². The molecular formula is C75H141N17O10. The number of benzene rings is 3. The van der Waals surface area contributed by atoms with Crippen LogP contribution in [0.5, 0.6) is 5.75 Å². The second-order valence-corrected chi connectivity index (χ2v) is 23.9. The first kappa shape index (κ1) is 97.7. The molecule has 7 heterocycles. The third-order valence-corrected chi connectivity index (χ3v) is 14.2. The molecule has 4 aromatic rings. The van der Waals surface area contributed by atoms with E-state index in [1.54, 1.807) is 27.4 Å². The minimum atomic E-state index is -0.333. The maximum Gasteiger partial charge on any atom is 0.198 e. The lowest BCUT2D eigenvalue weighted by Crippen LogP contribution is -2.32. The van der Waals surface area contributed by atoms with E-state index in [1.165, 1.54) is 32.2 Å². The molecule has 27 heteroatoms. The molecule has 0 saturated carbocycles. The van der Waals surface area contributed by atoms with E-state index < -0.39 is 0 Å². The van der Waals surface area contributed by atoms with Gasteiger partial charge in [0, 0.05) is 125 Å². The lowest BCUT2D eigenvalue weighted by Gasteiger charge is -2.25.